The summed E-state index contributed by atoms with van der Waals surface area (Å²) in [7, 11) is 0. The average molecular weight is 331 g/mol. The number of nitrogens with zero attached hydrogens (tertiary/aromatic N) is 3. The van der Waals surface area contributed by atoms with Gasteiger partial charge in [0.05, 0.1) is 0 Å². The smallest absolute Gasteiger partial charge is 0.332 e. The quantitative estimate of drug-likeness (QED) is 0.778. The Morgan fingerprint density at radius 2 is 1.86 bits per heavy atom. The van der Waals surface area contributed by atoms with Gasteiger partial charge in [-0.25, -0.2) is 0 Å². The monoisotopic (exact) mass is 331 g/mol. The highest BCUT2D eigenvalue weighted by molar-refractivity contribution is 5.76. The van der Waals surface area contributed by atoms with E-state index in [0.29, 0.717) is 15.6 Å². The first-order chi connectivity index (χ1) is 9.88. The second-order valence-corrected chi connectivity index (χ2v) is 5.18. The van der Waals surface area contributed by atoms with Gasteiger partial charge in [-0.15, -0.1) is 0 Å². The molecule has 126 valence electrons. The second kappa shape index (κ2) is 6.57. The van der Waals surface area contributed by atoms with Crippen molar-refractivity contribution in [1.29, 1.82) is 0 Å². The van der Waals surface area contributed by atoms with Crippen LogP contribution in [0.15, 0.2) is 12.3 Å². The summed E-state index contributed by atoms with van der Waals surface area (Å²) < 4.78 is 75.1. The van der Waals surface area contributed by atoms with E-state index in [9.17, 15) is 31.1 Å². The lowest BCUT2D eigenvalue weighted by Gasteiger charge is -2.25. The summed E-state index contributed by atoms with van der Waals surface area (Å²) in [6, 6.07) is 0.657. The third-order valence-electron chi connectivity index (χ3n) is 2.54. The first-order valence-corrected chi connectivity index (χ1v) is 6.33. The van der Waals surface area contributed by atoms with Crippen LogP contribution in [0, 0.1) is 5.92 Å². The topological polar surface area (TPSA) is 38.1 Å². The summed E-state index contributed by atoms with van der Waals surface area (Å²) in [5.74, 6) is -1.16. The molecule has 1 amide bonds. The molecule has 0 fully saturated rings. The van der Waals surface area contributed by atoms with Gasteiger partial charge in [-0.1, -0.05) is 13.8 Å². The maximum absolute atomic E-state index is 12.5. The molecule has 0 bridgehead atoms. The molecule has 22 heavy (non-hydrogen) atoms. The summed E-state index contributed by atoms with van der Waals surface area (Å²) in [6.07, 6.45) is -8.34. The summed E-state index contributed by atoms with van der Waals surface area (Å²) in [5, 5.41) is 3.14. The van der Waals surface area contributed by atoms with E-state index in [4.69, 9.17) is 0 Å². The second-order valence-electron chi connectivity index (χ2n) is 5.18. The van der Waals surface area contributed by atoms with E-state index in [1.807, 2.05) is 0 Å². The molecule has 0 aromatic carbocycles. The van der Waals surface area contributed by atoms with E-state index in [-0.39, 0.29) is 12.5 Å². The van der Waals surface area contributed by atoms with Gasteiger partial charge in [-0.3, -0.25) is 9.48 Å². The molecule has 0 spiro atoms. The van der Waals surface area contributed by atoms with Crippen LogP contribution in [0.2, 0.25) is 0 Å². The zero-order valence-electron chi connectivity index (χ0n) is 11.9. The van der Waals surface area contributed by atoms with Gasteiger partial charge in [0, 0.05) is 12.7 Å². The maximum atomic E-state index is 12.5. The fourth-order valence-electron chi connectivity index (χ4n) is 1.75. The van der Waals surface area contributed by atoms with Crippen LogP contribution in [0.5, 0.6) is 0 Å². The highest BCUT2D eigenvalue weighted by Crippen LogP contribution is 2.27. The molecule has 1 heterocycles. The van der Waals surface area contributed by atoms with Crippen LogP contribution in [-0.2, 0) is 17.5 Å². The molecule has 0 radical (unpaired) electrons. The van der Waals surface area contributed by atoms with E-state index in [1.54, 1.807) is 13.8 Å². The van der Waals surface area contributed by atoms with Gasteiger partial charge in [0.15, 0.2) is 5.69 Å². The van der Waals surface area contributed by atoms with Gasteiger partial charge < -0.3 is 4.90 Å². The molecule has 0 aliphatic rings. The molecule has 0 aliphatic heterocycles. The van der Waals surface area contributed by atoms with Crippen LogP contribution in [0.3, 0.4) is 0 Å². The minimum Gasteiger partial charge on any atom is -0.332 e. The number of alkyl halides is 6. The first-order valence-electron chi connectivity index (χ1n) is 6.33. The van der Waals surface area contributed by atoms with E-state index in [0.717, 1.165) is 6.20 Å². The van der Waals surface area contributed by atoms with Crippen LogP contribution in [0.4, 0.5) is 26.3 Å². The van der Waals surface area contributed by atoms with E-state index < -0.39 is 37.0 Å². The Morgan fingerprint density at radius 3 is 2.27 bits per heavy atom. The number of rotatable bonds is 5. The lowest BCUT2D eigenvalue weighted by Crippen LogP contribution is -2.42. The van der Waals surface area contributed by atoms with Crippen molar-refractivity contribution in [3.63, 3.8) is 0 Å². The standard InChI is InChI=1S/C12H15F6N3O/c1-8(2)5-20(7-11(13,14)15)10(22)6-21-4-3-9(19-21)12(16,17)18/h3-4,8H,5-7H2,1-2H3. The fourth-order valence-corrected chi connectivity index (χ4v) is 1.75. The number of amides is 1. The SMILES string of the molecule is CC(C)CN(CC(F)(F)F)C(=O)Cn1ccc(C(F)(F)F)n1. The molecular weight excluding hydrogens is 316 g/mol. The van der Waals surface area contributed by atoms with Crippen molar-refractivity contribution in [3.8, 4) is 0 Å². The molecular formula is C12H15F6N3O. The van der Waals surface area contributed by atoms with E-state index in [1.165, 1.54) is 0 Å². The Morgan fingerprint density at radius 1 is 1.27 bits per heavy atom. The highest BCUT2D eigenvalue weighted by atomic mass is 19.4. The molecule has 0 aliphatic carbocycles. The van der Waals surface area contributed by atoms with Gasteiger partial charge in [-0.05, 0) is 12.0 Å². The third kappa shape index (κ3) is 5.94. The normalized spacial score (nSPS) is 12.8. The number of halogens is 6. The highest BCUT2D eigenvalue weighted by Gasteiger charge is 2.35. The predicted octanol–water partition coefficient (Wildman–Crippen LogP) is 2.95. The Balaban J connectivity index is 2.80. The van der Waals surface area contributed by atoms with Gasteiger partial charge in [0.2, 0.25) is 5.91 Å². The van der Waals surface area contributed by atoms with Crippen molar-refractivity contribution in [3.05, 3.63) is 18.0 Å². The van der Waals surface area contributed by atoms with Crippen molar-refractivity contribution in [2.24, 2.45) is 5.92 Å². The van der Waals surface area contributed by atoms with Crippen molar-refractivity contribution in [2.45, 2.75) is 32.7 Å². The summed E-state index contributed by atoms with van der Waals surface area (Å²) in [6.45, 7) is 0.987. The zero-order valence-corrected chi connectivity index (χ0v) is 11.9. The van der Waals surface area contributed by atoms with Crippen LogP contribution < -0.4 is 0 Å². The molecule has 0 N–H and O–H groups in total. The molecule has 1 aromatic rings. The number of hydrogen-bond donors (Lipinski definition) is 0. The van der Waals surface area contributed by atoms with Gasteiger partial charge >= 0.3 is 12.4 Å². The maximum Gasteiger partial charge on any atom is 0.435 e. The Kier molecular flexibility index (Phi) is 5.47. The van der Waals surface area contributed by atoms with Crippen molar-refractivity contribution in [2.75, 3.05) is 13.1 Å². The Bertz CT molecular complexity index is 506. The van der Waals surface area contributed by atoms with Gasteiger partial charge in [-0.2, -0.15) is 31.4 Å². The lowest BCUT2D eigenvalue weighted by molar-refractivity contribution is -0.162. The first kappa shape index (κ1) is 18.3. The Hall–Kier alpha value is -1.74. The number of aromatic nitrogens is 2. The molecule has 0 unspecified atom stereocenters. The lowest BCUT2D eigenvalue weighted by atomic mass is 10.2. The fraction of sp³-hybridized carbons (Fsp3) is 0.667. The van der Waals surface area contributed by atoms with Crippen LogP contribution in [-0.4, -0.2) is 39.9 Å². The average Bonchev–Trinajstić information content (AvgIpc) is 2.73. The molecule has 0 saturated carbocycles. The van der Waals surface area contributed by atoms with Crippen LogP contribution in [0.1, 0.15) is 19.5 Å². The summed E-state index contributed by atoms with van der Waals surface area (Å²) in [4.78, 5) is 12.4. The molecule has 0 saturated heterocycles. The predicted molar refractivity (Wildman–Crippen MR) is 64.7 cm³/mol. The third-order valence-corrected chi connectivity index (χ3v) is 2.54. The number of carbonyl (C=O) groups is 1. The minimum absolute atomic E-state index is 0.147. The van der Waals surface area contributed by atoms with E-state index >= 15 is 0 Å². The zero-order chi connectivity index (χ0) is 17.1. The van der Waals surface area contributed by atoms with Crippen LogP contribution >= 0.6 is 0 Å². The van der Waals surface area contributed by atoms with Gasteiger partial charge in [0.1, 0.15) is 13.1 Å². The molecule has 1 aromatic heterocycles. The Labute approximate surface area is 122 Å². The largest absolute Gasteiger partial charge is 0.435 e. The number of carbonyl (C=O) groups excluding carboxylic acids is 1. The van der Waals surface area contributed by atoms with Crippen molar-refractivity contribution >= 4 is 5.91 Å². The van der Waals surface area contributed by atoms with Crippen molar-refractivity contribution < 1.29 is 31.1 Å². The summed E-state index contributed by atoms with van der Waals surface area (Å²) >= 11 is 0. The minimum atomic E-state index is -4.67. The molecule has 1 rings (SSSR count). The molecule has 0 atom stereocenters. The van der Waals surface area contributed by atoms with Crippen LogP contribution in [0.25, 0.3) is 0 Å². The van der Waals surface area contributed by atoms with E-state index in [2.05, 4.69) is 5.10 Å². The van der Waals surface area contributed by atoms with Crippen molar-refractivity contribution in [1.82, 2.24) is 14.7 Å². The number of hydrogen-bond acceptors (Lipinski definition) is 2. The molecule has 10 heteroatoms. The molecule has 4 nitrogen and oxygen atoms in total. The van der Waals surface area contributed by atoms with Gasteiger partial charge in [0.25, 0.3) is 0 Å². The summed E-state index contributed by atoms with van der Waals surface area (Å²) in [5.41, 5.74) is -1.20.